The molecule has 0 aliphatic rings. The standard InChI is InChI=1S/C15H22F3N7/c1-3-19-14(20-7-9-24(2)11-15(16,17)18)21-10-13-23-22-12-6-4-5-8-25(12)13/h4-6,8H,3,7,9-11H2,1-2H3,(H2,19,20,21). The van der Waals surface area contributed by atoms with Crippen LogP contribution in [-0.2, 0) is 6.54 Å². The molecule has 10 heteroatoms. The van der Waals surface area contributed by atoms with E-state index in [1.54, 1.807) is 0 Å². The zero-order chi connectivity index (χ0) is 18.3. The molecule has 0 atom stereocenters. The molecule has 0 fully saturated rings. The van der Waals surface area contributed by atoms with Crippen molar-refractivity contribution in [3.05, 3.63) is 30.2 Å². The molecule has 0 unspecified atom stereocenters. The van der Waals surface area contributed by atoms with E-state index in [-0.39, 0.29) is 6.54 Å². The van der Waals surface area contributed by atoms with E-state index in [1.165, 1.54) is 11.9 Å². The summed E-state index contributed by atoms with van der Waals surface area (Å²) >= 11 is 0. The summed E-state index contributed by atoms with van der Waals surface area (Å²) in [6.07, 6.45) is -2.34. The summed E-state index contributed by atoms with van der Waals surface area (Å²) in [5.41, 5.74) is 0.736. The molecule has 0 bridgehead atoms. The fourth-order valence-electron chi connectivity index (χ4n) is 2.24. The second-order valence-corrected chi connectivity index (χ2v) is 5.52. The van der Waals surface area contributed by atoms with Gasteiger partial charge >= 0.3 is 6.18 Å². The molecule has 2 aromatic heterocycles. The molecule has 138 valence electrons. The molecule has 2 rings (SSSR count). The van der Waals surface area contributed by atoms with E-state index >= 15 is 0 Å². The zero-order valence-electron chi connectivity index (χ0n) is 14.2. The molecule has 0 aliphatic heterocycles. The second-order valence-electron chi connectivity index (χ2n) is 5.52. The Hall–Kier alpha value is -2.36. The number of aromatic nitrogens is 3. The number of fused-ring (bicyclic) bond motifs is 1. The molecule has 0 radical (unpaired) electrons. The van der Waals surface area contributed by atoms with Gasteiger partial charge in [-0.25, -0.2) is 4.99 Å². The number of guanidine groups is 1. The zero-order valence-corrected chi connectivity index (χ0v) is 14.2. The molecule has 0 aliphatic carbocycles. The van der Waals surface area contributed by atoms with Gasteiger partial charge in [0.05, 0.1) is 6.54 Å². The average Bonchev–Trinajstić information content (AvgIpc) is 2.94. The van der Waals surface area contributed by atoms with Crippen molar-refractivity contribution in [2.45, 2.75) is 19.6 Å². The molecule has 0 saturated heterocycles. The highest BCUT2D eigenvalue weighted by molar-refractivity contribution is 5.79. The monoisotopic (exact) mass is 357 g/mol. The first-order valence-electron chi connectivity index (χ1n) is 7.95. The van der Waals surface area contributed by atoms with Gasteiger partial charge in [0.1, 0.15) is 6.54 Å². The van der Waals surface area contributed by atoms with Crippen molar-refractivity contribution in [1.29, 1.82) is 0 Å². The number of aliphatic imine (C=N–C) groups is 1. The van der Waals surface area contributed by atoms with Crippen LogP contribution in [0.4, 0.5) is 13.2 Å². The third-order valence-corrected chi connectivity index (χ3v) is 3.34. The number of rotatable bonds is 7. The first-order valence-corrected chi connectivity index (χ1v) is 7.95. The van der Waals surface area contributed by atoms with Crippen LogP contribution in [-0.4, -0.2) is 64.9 Å². The van der Waals surface area contributed by atoms with E-state index in [9.17, 15) is 13.2 Å². The van der Waals surface area contributed by atoms with E-state index in [2.05, 4.69) is 25.8 Å². The van der Waals surface area contributed by atoms with Crippen LogP contribution in [0.25, 0.3) is 5.65 Å². The van der Waals surface area contributed by atoms with E-state index in [4.69, 9.17) is 0 Å². The number of nitrogens with zero attached hydrogens (tertiary/aromatic N) is 5. The summed E-state index contributed by atoms with van der Waals surface area (Å²) in [7, 11) is 1.43. The van der Waals surface area contributed by atoms with Crippen molar-refractivity contribution in [3.8, 4) is 0 Å². The first-order chi connectivity index (χ1) is 11.9. The minimum atomic E-state index is -4.19. The van der Waals surface area contributed by atoms with Gasteiger partial charge in [-0.15, -0.1) is 10.2 Å². The lowest BCUT2D eigenvalue weighted by molar-refractivity contribution is -0.142. The van der Waals surface area contributed by atoms with Gasteiger partial charge in [0, 0.05) is 25.8 Å². The van der Waals surface area contributed by atoms with Crippen molar-refractivity contribution >= 4 is 11.6 Å². The number of likely N-dealkylation sites (N-methyl/N-ethyl adjacent to an activating group) is 1. The van der Waals surface area contributed by atoms with Crippen LogP contribution in [0.1, 0.15) is 12.7 Å². The van der Waals surface area contributed by atoms with E-state index < -0.39 is 12.7 Å². The van der Waals surface area contributed by atoms with E-state index in [0.717, 1.165) is 5.65 Å². The molecular weight excluding hydrogens is 335 g/mol. The molecule has 7 nitrogen and oxygen atoms in total. The summed E-state index contributed by atoms with van der Waals surface area (Å²) in [6.45, 7) is 2.52. The molecule has 25 heavy (non-hydrogen) atoms. The van der Waals surface area contributed by atoms with Gasteiger partial charge in [-0.05, 0) is 26.1 Å². The predicted molar refractivity (Wildman–Crippen MR) is 89.4 cm³/mol. The number of nitrogens with one attached hydrogen (secondary N) is 2. The highest BCUT2D eigenvalue weighted by Gasteiger charge is 2.28. The van der Waals surface area contributed by atoms with Crippen LogP contribution in [0.2, 0.25) is 0 Å². The van der Waals surface area contributed by atoms with E-state index in [1.807, 2.05) is 35.7 Å². The summed E-state index contributed by atoms with van der Waals surface area (Å²) in [6, 6.07) is 5.60. The van der Waals surface area contributed by atoms with Crippen molar-refractivity contribution in [1.82, 2.24) is 30.1 Å². The maximum atomic E-state index is 12.3. The Balaban J connectivity index is 1.90. The van der Waals surface area contributed by atoms with E-state index in [0.29, 0.717) is 31.4 Å². The normalized spacial score (nSPS) is 12.8. The van der Waals surface area contributed by atoms with Gasteiger partial charge < -0.3 is 10.6 Å². The van der Waals surface area contributed by atoms with Crippen molar-refractivity contribution in [3.63, 3.8) is 0 Å². The Bertz CT molecular complexity index is 696. The Kier molecular flexibility index (Phi) is 6.57. The molecule has 0 spiro atoms. The summed E-state index contributed by atoms with van der Waals surface area (Å²) in [5.74, 6) is 1.21. The van der Waals surface area contributed by atoms with Crippen LogP contribution < -0.4 is 10.6 Å². The summed E-state index contributed by atoms with van der Waals surface area (Å²) in [4.78, 5) is 5.62. The number of pyridine rings is 1. The SMILES string of the molecule is CCNC(=NCc1nnc2ccccn12)NCCN(C)CC(F)(F)F. The van der Waals surface area contributed by atoms with Crippen LogP contribution in [0, 0.1) is 0 Å². The molecule has 2 heterocycles. The third kappa shape index (κ3) is 6.22. The Morgan fingerprint density at radius 2 is 2.08 bits per heavy atom. The highest BCUT2D eigenvalue weighted by Crippen LogP contribution is 2.14. The molecule has 0 amide bonds. The van der Waals surface area contributed by atoms with Crippen molar-refractivity contribution < 1.29 is 13.2 Å². The largest absolute Gasteiger partial charge is 0.401 e. The minimum absolute atomic E-state index is 0.248. The van der Waals surface area contributed by atoms with Crippen LogP contribution in [0.15, 0.2) is 29.4 Å². The molecular formula is C15H22F3N7. The number of alkyl halides is 3. The first kappa shape index (κ1) is 19.0. The fraction of sp³-hybridized carbons (Fsp3) is 0.533. The highest BCUT2D eigenvalue weighted by atomic mass is 19.4. The predicted octanol–water partition coefficient (Wildman–Crippen LogP) is 1.28. The smallest absolute Gasteiger partial charge is 0.357 e. The lowest BCUT2D eigenvalue weighted by Gasteiger charge is -2.19. The van der Waals surface area contributed by atoms with Crippen LogP contribution in [0.3, 0.4) is 0 Å². The fourth-order valence-corrected chi connectivity index (χ4v) is 2.24. The molecule has 2 aromatic rings. The lowest BCUT2D eigenvalue weighted by Crippen LogP contribution is -2.42. The number of hydrogen-bond donors (Lipinski definition) is 2. The maximum Gasteiger partial charge on any atom is 0.401 e. The quantitative estimate of drug-likeness (QED) is 0.577. The van der Waals surface area contributed by atoms with Gasteiger partial charge in [-0.3, -0.25) is 9.30 Å². The average molecular weight is 357 g/mol. The minimum Gasteiger partial charge on any atom is -0.357 e. The Labute approximate surface area is 143 Å². The van der Waals surface area contributed by atoms with Gasteiger partial charge in [-0.2, -0.15) is 13.2 Å². The third-order valence-electron chi connectivity index (χ3n) is 3.34. The maximum absolute atomic E-state index is 12.3. The number of hydrogen-bond acceptors (Lipinski definition) is 4. The van der Waals surface area contributed by atoms with Gasteiger partial charge in [0.25, 0.3) is 0 Å². The molecule has 0 aromatic carbocycles. The second kappa shape index (κ2) is 8.65. The van der Waals surface area contributed by atoms with Gasteiger partial charge in [0.2, 0.25) is 0 Å². The van der Waals surface area contributed by atoms with Crippen molar-refractivity contribution in [2.75, 3.05) is 33.2 Å². The molecule has 2 N–H and O–H groups in total. The van der Waals surface area contributed by atoms with Gasteiger partial charge in [-0.1, -0.05) is 6.07 Å². The van der Waals surface area contributed by atoms with Crippen LogP contribution in [0.5, 0.6) is 0 Å². The Morgan fingerprint density at radius 3 is 2.80 bits per heavy atom. The lowest BCUT2D eigenvalue weighted by atomic mass is 10.4. The Morgan fingerprint density at radius 1 is 1.28 bits per heavy atom. The summed E-state index contributed by atoms with van der Waals surface area (Å²) in [5, 5.41) is 14.2. The van der Waals surface area contributed by atoms with Crippen molar-refractivity contribution in [2.24, 2.45) is 4.99 Å². The van der Waals surface area contributed by atoms with Crippen LogP contribution >= 0.6 is 0 Å². The number of halogens is 3. The summed E-state index contributed by atoms with van der Waals surface area (Å²) < 4.78 is 38.8. The topological polar surface area (TPSA) is 69.8 Å². The van der Waals surface area contributed by atoms with Gasteiger partial charge in [0.15, 0.2) is 17.4 Å². The molecule has 0 saturated carbocycles.